The summed E-state index contributed by atoms with van der Waals surface area (Å²) in [5.74, 6) is -0.346. The van der Waals surface area contributed by atoms with Gasteiger partial charge in [0.05, 0.1) is 12.6 Å². The van der Waals surface area contributed by atoms with Crippen molar-refractivity contribution in [3.63, 3.8) is 0 Å². The van der Waals surface area contributed by atoms with E-state index in [9.17, 15) is 10.1 Å². The smallest absolute Gasteiger partial charge is 0.323 e. The van der Waals surface area contributed by atoms with Gasteiger partial charge in [0.15, 0.2) is 0 Å². The average molecular weight is 403 g/mol. The van der Waals surface area contributed by atoms with Crippen molar-refractivity contribution in [2.45, 2.75) is 24.1 Å². The van der Waals surface area contributed by atoms with Crippen LogP contribution in [0.2, 0.25) is 0 Å². The van der Waals surface area contributed by atoms with Crippen LogP contribution in [0.25, 0.3) is 0 Å². The van der Waals surface area contributed by atoms with E-state index in [1.165, 1.54) is 7.11 Å². The molecule has 1 N–H and O–H groups in total. The lowest BCUT2D eigenvalue weighted by Crippen LogP contribution is -2.53. The van der Waals surface area contributed by atoms with E-state index in [0.29, 0.717) is 13.0 Å². The summed E-state index contributed by atoms with van der Waals surface area (Å²) in [4.78, 5) is 19.6. The molecule has 1 heterocycles. The highest BCUT2D eigenvalue weighted by Gasteiger charge is 2.52. The molecule has 2 atom stereocenters. The van der Waals surface area contributed by atoms with E-state index in [2.05, 4.69) is 41.3 Å². The molecule has 3 aromatic rings. The third-order valence-corrected chi connectivity index (χ3v) is 5.89. The summed E-state index contributed by atoms with van der Waals surface area (Å²) in [6, 6.07) is 29.8. The normalized spacial score (nSPS) is 19.5. The molecule has 0 aliphatic carbocycles. The predicted octanol–water partition coefficient (Wildman–Crippen LogP) is 4.08. The van der Waals surface area contributed by atoms with Gasteiger partial charge in [-0.25, -0.2) is 4.89 Å². The van der Waals surface area contributed by atoms with Crippen molar-refractivity contribution in [1.29, 1.82) is 0 Å². The molecule has 0 spiro atoms. The summed E-state index contributed by atoms with van der Waals surface area (Å²) in [5.41, 5.74) is 2.30. The van der Waals surface area contributed by atoms with Gasteiger partial charge in [0.25, 0.3) is 0 Å². The Bertz CT molecular complexity index is 866. The van der Waals surface area contributed by atoms with Gasteiger partial charge < -0.3 is 4.74 Å². The molecule has 0 unspecified atom stereocenters. The number of methoxy groups -OCH3 is 1. The molecule has 0 aromatic heterocycles. The van der Waals surface area contributed by atoms with Crippen molar-refractivity contribution in [1.82, 2.24) is 4.90 Å². The Morgan fingerprint density at radius 3 is 1.67 bits per heavy atom. The van der Waals surface area contributed by atoms with E-state index in [0.717, 1.165) is 16.7 Å². The number of esters is 1. The third-order valence-electron chi connectivity index (χ3n) is 5.89. The minimum atomic E-state index is -0.768. The van der Waals surface area contributed by atoms with Crippen molar-refractivity contribution in [3.05, 3.63) is 108 Å². The molecule has 0 bridgehead atoms. The van der Waals surface area contributed by atoms with Gasteiger partial charge in [0, 0.05) is 13.0 Å². The summed E-state index contributed by atoms with van der Waals surface area (Å²) in [6.45, 7) is 0.370. The van der Waals surface area contributed by atoms with Crippen LogP contribution in [0.3, 0.4) is 0 Å². The fraction of sp³-hybridized carbons (Fsp3) is 0.240. The number of hydrogen-bond donors (Lipinski definition) is 1. The summed E-state index contributed by atoms with van der Waals surface area (Å²) < 4.78 is 5.14. The number of likely N-dealkylation sites (tertiary alicyclic amines) is 1. The minimum absolute atomic E-state index is 0.345. The van der Waals surface area contributed by atoms with Crippen LogP contribution in [0.15, 0.2) is 91.0 Å². The van der Waals surface area contributed by atoms with Gasteiger partial charge in [-0.05, 0) is 16.7 Å². The molecule has 3 aromatic carbocycles. The Labute approximate surface area is 176 Å². The van der Waals surface area contributed by atoms with Crippen molar-refractivity contribution in [2.24, 2.45) is 0 Å². The molecule has 5 nitrogen and oxygen atoms in total. The molecule has 0 radical (unpaired) electrons. The molecule has 1 fully saturated rings. The van der Waals surface area contributed by atoms with Crippen molar-refractivity contribution < 1.29 is 19.7 Å². The number of hydrogen-bond acceptors (Lipinski definition) is 5. The van der Waals surface area contributed by atoms with Crippen LogP contribution in [-0.4, -0.2) is 41.9 Å². The Morgan fingerprint density at radius 1 is 0.867 bits per heavy atom. The number of ether oxygens (including phenoxy) is 1. The Morgan fingerprint density at radius 2 is 1.30 bits per heavy atom. The zero-order chi connectivity index (χ0) is 21.0. The number of nitrogens with zero attached hydrogens (tertiary/aromatic N) is 1. The maximum atomic E-state index is 12.8. The maximum Gasteiger partial charge on any atom is 0.323 e. The first kappa shape index (κ1) is 20.3. The van der Waals surface area contributed by atoms with Crippen LogP contribution in [0.5, 0.6) is 0 Å². The lowest BCUT2D eigenvalue weighted by molar-refractivity contribution is -0.274. The van der Waals surface area contributed by atoms with E-state index in [4.69, 9.17) is 9.62 Å². The number of rotatable bonds is 6. The second-order valence-corrected chi connectivity index (χ2v) is 7.46. The van der Waals surface area contributed by atoms with Gasteiger partial charge in [0.1, 0.15) is 12.1 Å². The number of carbonyl (C=O) groups excluding carboxylic acids is 1. The topological polar surface area (TPSA) is 59.0 Å². The van der Waals surface area contributed by atoms with Crippen LogP contribution in [0.1, 0.15) is 23.1 Å². The number of benzene rings is 3. The van der Waals surface area contributed by atoms with Gasteiger partial charge in [-0.2, -0.15) is 0 Å². The second kappa shape index (κ2) is 8.79. The zero-order valence-electron chi connectivity index (χ0n) is 16.8. The Balaban J connectivity index is 2.03. The molecule has 5 heteroatoms. The third kappa shape index (κ3) is 3.41. The molecule has 1 aliphatic rings. The Kier molecular flexibility index (Phi) is 5.95. The minimum Gasteiger partial charge on any atom is -0.468 e. The molecular weight excluding hydrogens is 378 g/mol. The van der Waals surface area contributed by atoms with Crippen molar-refractivity contribution >= 4 is 5.97 Å². The molecule has 1 saturated heterocycles. The van der Waals surface area contributed by atoms with E-state index in [-0.39, 0.29) is 5.97 Å². The largest absolute Gasteiger partial charge is 0.468 e. The van der Waals surface area contributed by atoms with Gasteiger partial charge in [-0.3, -0.25) is 15.0 Å². The lowest BCUT2D eigenvalue weighted by Gasteiger charge is -2.45. The van der Waals surface area contributed by atoms with E-state index >= 15 is 0 Å². The summed E-state index contributed by atoms with van der Waals surface area (Å²) in [7, 11) is 1.39. The van der Waals surface area contributed by atoms with Crippen LogP contribution >= 0.6 is 0 Å². The van der Waals surface area contributed by atoms with Gasteiger partial charge >= 0.3 is 5.97 Å². The first-order valence-electron chi connectivity index (χ1n) is 10.0. The summed E-state index contributed by atoms with van der Waals surface area (Å²) >= 11 is 0. The zero-order valence-corrected chi connectivity index (χ0v) is 16.8. The maximum absolute atomic E-state index is 12.8. The van der Waals surface area contributed by atoms with Crippen molar-refractivity contribution in [3.8, 4) is 0 Å². The van der Waals surface area contributed by atoms with E-state index < -0.39 is 17.7 Å². The SMILES string of the molecule is COC(=O)[C@H]1C[C@H](OO)CN1C(c1ccccc1)(c1ccccc1)c1ccccc1. The highest BCUT2D eigenvalue weighted by molar-refractivity contribution is 5.77. The highest BCUT2D eigenvalue weighted by Crippen LogP contribution is 2.46. The van der Waals surface area contributed by atoms with Crippen LogP contribution in [0.4, 0.5) is 0 Å². The molecule has 0 saturated carbocycles. The monoisotopic (exact) mass is 403 g/mol. The fourth-order valence-corrected chi connectivity index (χ4v) is 4.64. The standard InChI is InChI=1S/C25H25NO4/c1-29-24(27)23-17-22(30-28)18-26(23)25(19-11-5-2-6-12-19,20-13-7-3-8-14-20)21-15-9-4-10-16-21/h2-16,22-23,28H,17-18H2,1H3/t22-,23+/m0/s1. The molecule has 0 amide bonds. The first-order chi connectivity index (χ1) is 14.7. The first-order valence-corrected chi connectivity index (χ1v) is 10.0. The van der Waals surface area contributed by atoms with Gasteiger partial charge in [-0.1, -0.05) is 91.0 Å². The number of carbonyl (C=O) groups is 1. The summed E-state index contributed by atoms with van der Waals surface area (Å²) in [5, 5.41) is 9.45. The molecule has 1 aliphatic heterocycles. The van der Waals surface area contributed by atoms with Crippen LogP contribution < -0.4 is 0 Å². The van der Waals surface area contributed by atoms with Crippen LogP contribution in [0, 0.1) is 0 Å². The molecule has 4 rings (SSSR count). The van der Waals surface area contributed by atoms with E-state index in [1.807, 2.05) is 54.6 Å². The highest BCUT2D eigenvalue weighted by atomic mass is 17.1. The second-order valence-electron chi connectivity index (χ2n) is 7.46. The quantitative estimate of drug-likeness (QED) is 0.291. The molecular formula is C25H25NO4. The average Bonchev–Trinajstić information content (AvgIpc) is 3.26. The van der Waals surface area contributed by atoms with Crippen LogP contribution in [-0.2, 0) is 20.0 Å². The van der Waals surface area contributed by atoms with Gasteiger partial charge in [0.2, 0.25) is 0 Å². The van der Waals surface area contributed by atoms with E-state index in [1.54, 1.807) is 0 Å². The predicted molar refractivity (Wildman–Crippen MR) is 114 cm³/mol. The van der Waals surface area contributed by atoms with Crippen molar-refractivity contribution in [2.75, 3.05) is 13.7 Å². The fourth-order valence-electron chi connectivity index (χ4n) is 4.64. The molecule has 30 heavy (non-hydrogen) atoms. The lowest BCUT2D eigenvalue weighted by atomic mass is 9.75. The summed E-state index contributed by atoms with van der Waals surface area (Å²) in [6.07, 6.45) is -0.151. The Hall–Kier alpha value is -2.99. The molecule has 154 valence electrons. The van der Waals surface area contributed by atoms with Gasteiger partial charge in [-0.15, -0.1) is 0 Å².